The van der Waals surface area contributed by atoms with Crippen molar-refractivity contribution >= 4 is 19.8 Å². The topological polar surface area (TPSA) is 119 Å². The standard InChI is InChI=1S/C30H57O8P/c1-3-5-7-9-11-12-13-14-15-16-17-19-20-22-24-29(31)36-26-28(27-37-39(33,34)35)38-30(32)25-23-21-18-10-8-6-4-2/h13-14,28H,3-12,15-27H2,1-2H3,(H2,33,34,35)/b14-13+/t28-/m1/s1. The van der Waals surface area contributed by atoms with Gasteiger partial charge in [-0.3, -0.25) is 14.1 Å². The molecule has 9 heteroatoms. The first-order chi connectivity index (χ1) is 18.8. The summed E-state index contributed by atoms with van der Waals surface area (Å²) in [6.07, 6.45) is 25.3. The molecular formula is C30H57O8P. The van der Waals surface area contributed by atoms with E-state index in [1.54, 1.807) is 0 Å². The average molecular weight is 577 g/mol. The second kappa shape index (κ2) is 27.0. The van der Waals surface area contributed by atoms with Crippen molar-refractivity contribution in [3.05, 3.63) is 12.2 Å². The molecule has 0 aliphatic carbocycles. The molecule has 0 aliphatic rings. The van der Waals surface area contributed by atoms with Crippen molar-refractivity contribution in [2.75, 3.05) is 13.2 Å². The lowest BCUT2D eigenvalue weighted by Crippen LogP contribution is -2.29. The van der Waals surface area contributed by atoms with Crippen molar-refractivity contribution in [1.82, 2.24) is 0 Å². The van der Waals surface area contributed by atoms with Gasteiger partial charge in [0.25, 0.3) is 0 Å². The Kier molecular flexibility index (Phi) is 26.1. The van der Waals surface area contributed by atoms with Gasteiger partial charge < -0.3 is 19.3 Å². The van der Waals surface area contributed by atoms with Crippen LogP contribution < -0.4 is 0 Å². The summed E-state index contributed by atoms with van der Waals surface area (Å²) in [5.74, 6) is -0.901. The molecule has 8 nitrogen and oxygen atoms in total. The summed E-state index contributed by atoms with van der Waals surface area (Å²) in [4.78, 5) is 42.2. The monoisotopic (exact) mass is 576 g/mol. The minimum Gasteiger partial charge on any atom is -0.462 e. The van der Waals surface area contributed by atoms with E-state index >= 15 is 0 Å². The van der Waals surface area contributed by atoms with Crippen LogP contribution in [-0.4, -0.2) is 41.0 Å². The maximum atomic E-state index is 12.2. The van der Waals surface area contributed by atoms with E-state index in [1.165, 1.54) is 57.8 Å². The number of phosphoric ester groups is 1. The smallest absolute Gasteiger partial charge is 0.462 e. The quantitative estimate of drug-likeness (QED) is 0.0413. The molecule has 0 rings (SSSR count). The fourth-order valence-corrected chi connectivity index (χ4v) is 4.55. The lowest BCUT2D eigenvalue weighted by Gasteiger charge is -2.18. The Morgan fingerprint density at radius 2 is 1.08 bits per heavy atom. The number of phosphoric acid groups is 1. The highest BCUT2D eigenvalue weighted by Crippen LogP contribution is 2.35. The molecule has 0 aliphatic heterocycles. The van der Waals surface area contributed by atoms with Crippen LogP contribution in [0.4, 0.5) is 0 Å². The van der Waals surface area contributed by atoms with Crippen molar-refractivity contribution in [2.45, 2.75) is 155 Å². The van der Waals surface area contributed by atoms with Crippen LogP contribution in [0.25, 0.3) is 0 Å². The Labute approximate surface area is 237 Å². The Balaban J connectivity index is 4.00. The number of esters is 2. The van der Waals surface area contributed by atoms with E-state index in [-0.39, 0.29) is 19.4 Å². The molecule has 0 amide bonds. The van der Waals surface area contributed by atoms with Crippen LogP contribution >= 0.6 is 7.82 Å². The van der Waals surface area contributed by atoms with E-state index in [0.29, 0.717) is 12.8 Å². The van der Waals surface area contributed by atoms with E-state index in [0.717, 1.165) is 51.4 Å². The van der Waals surface area contributed by atoms with Gasteiger partial charge in [-0.2, -0.15) is 0 Å². The first-order valence-corrected chi connectivity index (χ1v) is 17.0. The third kappa shape index (κ3) is 29.6. The summed E-state index contributed by atoms with van der Waals surface area (Å²) in [7, 11) is -4.73. The minimum absolute atomic E-state index is 0.211. The van der Waals surface area contributed by atoms with Crippen LogP contribution in [-0.2, 0) is 28.2 Å². The van der Waals surface area contributed by atoms with E-state index in [9.17, 15) is 14.2 Å². The van der Waals surface area contributed by atoms with Gasteiger partial charge in [-0.05, 0) is 38.5 Å². The Bertz CT molecular complexity index is 661. The van der Waals surface area contributed by atoms with Crippen LogP contribution in [0.3, 0.4) is 0 Å². The number of carbonyl (C=O) groups is 2. The van der Waals surface area contributed by atoms with Gasteiger partial charge in [0.1, 0.15) is 6.61 Å². The highest BCUT2D eigenvalue weighted by atomic mass is 31.2. The van der Waals surface area contributed by atoms with E-state index in [4.69, 9.17) is 19.3 Å². The van der Waals surface area contributed by atoms with Gasteiger partial charge >= 0.3 is 19.8 Å². The van der Waals surface area contributed by atoms with Crippen molar-refractivity contribution < 1.29 is 37.9 Å². The number of rotatable bonds is 28. The highest BCUT2D eigenvalue weighted by Gasteiger charge is 2.22. The lowest BCUT2D eigenvalue weighted by molar-refractivity contribution is -0.161. The first-order valence-electron chi connectivity index (χ1n) is 15.5. The third-order valence-electron chi connectivity index (χ3n) is 6.53. The molecule has 0 unspecified atom stereocenters. The van der Waals surface area contributed by atoms with E-state index in [2.05, 4.69) is 30.5 Å². The Morgan fingerprint density at radius 1 is 0.641 bits per heavy atom. The summed E-state index contributed by atoms with van der Waals surface area (Å²) in [6.45, 7) is 3.58. The maximum absolute atomic E-state index is 12.2. The predicted molar refractivity (Wildman–Crippen MR) is 156 cm³/mol. The van der Waals surface area contributed by atoms with E-state index in [1.807, 2.05) is 0 Å². The van der Waals surface area contributed by atoms with Crippen LogP contribution in [0.5, 0.6) is 0 Å². The second-order valence-corrected chi connectivity index (χ2v) is 11.7. The van der Waals surface area contributed by atoms with Gasteiger partial charge in [-0.25, -0.2) is 4.57 Å². The molecule has 0 heterocycles. The van der Waals surface area contributed by atoms with Gasteiger partial charge in [0.05, 0.1) is 6.61 Å². The molecule has 0 saturated heterocycles. The second-order valence-electron chi connectivity index (χ2n) is 10.4. The fourth-order valence-electron chi connectivity index (χ4n) is 4.19. The zero-order valence-electron chi connectivity index (χ0n) is 24.8. The minimum atomic E-state index is -4.73. The number of hydrogen-bond donors (Lipinski definition) is 2. The molecule has 230 valence electrons. The van der Waals surface area contributed by atoms with Crippen LogP contribution in [0.2, 0.25) is 0 Å². The molecule has 1 atom stereocenters. The number of hydrogen-bond acceptors (Lipinski definition) is 6. The van der Waals surface area contributed by atoms with Crippen LogP contribution in [0.15, 0.2) is 12.2 Å². The predicted octanol–water partition coefficient (Wildman–Crippen LogP) is 8.34. The molecule has 0 radical (unpaired) electrons. The molecule has 0 aromatic carbocycles. The number of unbranched alkanes of at least 4 members (excludes halogenated alkanes) is 16. The zero-order valence-corrected chi connectivity index (χ0v) is 25.7. The maximum Gasteiger partial charge on any atom is 0.469 e. The molecule has 0 bridgehead atoms. The van der Waals surface area contributed by atoms with Gasteiger partial charge in [0, 0.05) is 12.8 Å². The van der Waals surface area contributed by atoms with Gasteiger partial charge in [-0.1, -0.05) is 109 Å². The largest absolute Gasteiger partial charge is 0.469 e. The summed E-state index contributed by atoms with van der Waals surface area (Å²) in [6, 6.07) is 0. The molecule has 0 spiro atoms. The SMILES string of the molecule is CCCCCCC/C=C/CCCCCCCC(=O)OC[C@H](COP(=O)(O)O)OC(=O)CCCCCCCCC. The summed E-state index contributed by atoms with van der Waals surface area (Å²) in [5, 5.41) is 0. The third-order valence-corrected chi connectivity index (χ3v) is 7.02. The van der Waals surface area contributed by atoms with Crippen LogP contribution in [0.1, 0.15) is 149 Å². The molecule has 39 heavy (non-hydrogen) atoms. The zero-order chi connectivity index (χ0) is 29.0. The average Bonchev–Trinajstić information content (AvgIpc) is 2.89. The number of allylic oxidation sites excluding steroid dienone is 2. The first kappa shape index (κ1) is 37.8. The highest BCUT2D eigenvalue weighted by molar-refractivity contribution is 7.46. The van der Waals surface area contributed by atoms with E-state index < -0.39 is 32.5 Å². The van der Waals surface area contributed by atoms with Crippen molar-refractivity contribution in [3.63, 3.8) is 0 Å². The van der Waals surface area contributed by atoms with Gasteiger partial charge in [0.2, 0.25) is 0 Å². The lowest BCUT2D eigenvalue weighted by atomic mass is 10.1. The Morgan fingerprint density at radius 3 is 1.56 bits per heavy atom. The van der Waals surface area contributed by atoms with Crippen molar-refractivity contribution in [2.24, 2.45) is 0 Å². The Hall–Kier alpha value is -1.21. The summed E-state index contributed by atoms with van der Waals surface area (Å²) >= 11 is 0. The molecular weight excluding hydrogens is 519 g/mol. The molecule has 0 fully saturated rings. The fraction of sp³-hybridized carbons (Fsp3) is 0.867. The van der Waals surface area contributed by atoms with Crippen molar-refractivity contribution in [3.8, 4) is 0 Å². The summed E-state index contributed by atoms with van der Waals surface area (Å²) < 4.78 is 26.0. The molecule has 0 saturated carbocycles. The molecule has 0 aromatic rings. The number of ether oxygens (including phenoxy) is 2. The molecule has 2 N–H and O–H groups in total. The van der Waals surface area contributed by atoms with Crippen LogP contribution in [0, 0.1) is 0 Å². The number of carbonyl (C=O) groups excluding carboxylic acids is 2. The van der Waals surface area contributed by atoms with Gasteiger partial charge in [0.15, 0.2) is 6.10 Å². The van der Waals surface area contributed by atoms with Crippen molar-refractivity contribution in [1.29, 1.82) is 0 Å². The molecule has 0 aromatic heterocycles. The summed E-state index contributed by atoms with van der Waals surface area (Å²) in [5.41, 5.74) is 0. The normalized spacial score (nSPS) is 12.6. The van der Waals surface area contributed by atoms with Gasteiger partial charge in [-0.15, -0.1) is 0 Å².